The molecule has 1 N–H and O–H groups in total. The lowest BCUT2D eigenvalue weighted by Crippen LogP contribution is -2.38. The Balaban J connectivity index is 2.24. The SMILES string of the molecule is CCCCC(NCC1CC1C)C(=O)OC. The van der Waals surface area contributed by atoms with Crippen molar-refractivity contribution in [3.63, 3.8) is 0 Å². The van der Waals surface area contributed by atoms with Crippen LogP contribution in [0.3, 0.4) is 0 Å². The van der Waals surface area contributed by atoms with Crippen LogP contribution >= 0.6 is 0 Å². The third-order valence-corrected chi connectivity index (χ3v) is 3.23. The van der Waals surface area contributed by atoms with Crippen molar-refractivity contribution in [2.75, 3.05) is 13.7 Å². The van der Waals surface area contributed by atoms with E-state index in [0.717, 1.165) is 37.6 Å². The molecule has 15 heavy (non-hydrogen) atoms. The van der Waals surface area contributed by atoms with Crippen LogP contribution in [0.1, 0.15) is 39.5 Å². The number of hydrogen-bond donors (Lipinski definition) is 1. The Morgan fingerprint density at radius 1 is 1.60 bits per heavy atom. The normalized spacial score (nSPS) is 26.1. The van der Waals surface area contributed by atoms with E-state index in [-0.39, 0.29) is 12.0 Å². The second-order valence-corrected chi connectivity index (χ2v) is 4.60. The van der Waals surface area contributed by atoms with Crippen molar-refractivity contribution in [2.45, 2.75) is 45.6 Å². The average molecular weight is 213 g/mol. The molecule has 0 radical (unpaired) electrons. The summed E-state index contributed by atoms with van der Waals surface area (Å²) in [6.45, 7) is 5.35. The molecule has 3 unspecified atom stereocenters. The van der Waals surface area contributed by atoms with Crippen molar-refractivity contribution in [1.82, 2.24) is 5.32 Å². The summed E-state index contributed by atoms with van der Waals surface area (Å²) in [5.41, 5.74) is 0. The summed E-state index contributed by atoms with van der Waals surface area (Å²) in [6.07, 6.45) is 4.39. The molecule has 1 saturated carbocycles. The monoisotopic (exact) mass is 213 g/mol. The van der Waals surface area contributed by atoms with Gasteiger partial charge in [0, 0.05) is 0 Å². The summed E-state index contributed by atoms with van der Waals surface area (Å²) in [4.78, 5) is 11.4. The molecule has 0 amide bonds. The topological polar surface area (TPSA) is 38.3 Å². The lowest BCUT2D eigenvalue weighted by molar-refractivity contribution is -0.143. The molecule has 1 aliphatic rings. The third kappa shape index (κ3) is 4.20. The smallest absolute Gasteiger partial charge is 0.322 e. The molecule has 1 rings (SSSR count). The zero-order chi connectivity index (χ0) is 11.3. The summed E-state index contributed by atoms with van der Waals surface area (Å²) in [6, 6.07) is -0.0947. The van der Waals surface area contributed by atoms with Gasteiger partial charge in [-0.05, 0) is 31.2 Å². The molecule has 88 valence electrons. The van der Waals surface area contributed by atoms with E-state index in [1.165, 1.54) is 13.5 Å². The first-order chi connectivity index (χ1) is 7.19. The second-order valence-electron chi connectivity index (χ2n) is 4.60. The van der Waals surface area contributed by atoms with Crippen LogP contribution in [-0.4, -0.2) is 25.7 Å². The second kappa shape index (κ2) is 6.11. The van der Waals surface area contributed by atoms with E-state index in [9.17, 15) is 4.79 Å². The fourth-order valence-electron chi connectivity index (χ4n) is 1.83. The Labute approximate surface area is 92.6 Å². The number of unbranched alkanes of at least 4 members (excludes halogenated alkanes) is 1. The van der Waals surface area contributed by atoms with E-state index in [0.29, 0.717) is 0 Å². The van der Waals surface area contributed by atoms with Crippen LogP contribution < -0.4 is 5.32 Å². The summed E-state index contributed by atoms with van der Waals surface area (Å²) in [5.74, 6) is 1.50. The fourth-order valence-corrected chi connectivity index (χ4v) is 1.83. The van der Waals surface area contributed by atoms with Gasteiger partial charge in [-0.15, -0.1) is 0 Å². The van der Waals surface area contributed by atoms with Gasteiger partial charge < -0.3 is 10.1 Å². The van der Waals surface area contributed by atoms with Gasteiger partial charge in [-0.2, -0.15) is 0 Å². The van der Waals surface area contributed by atoms with Crippen LogP contribution in [0.5, 0.6) is 0 Å². The molecule has 0 aromatic carbocycles. The lowest BCUT2D eigenvalue weighted by Gasteiger charge is -2.15. The highest BCUT2D eigenvalue weighted by Gasteiger charge is 2.33. The molecule has 3 atom stereocenters. The Kier molecular flexibility index (Phi) is 5.09. The Bertz CT molecular complexity index is 206. The molecular formula is C12H23NO2. The van der Waals surface area contributed by atoms with Gasteiger partial charge in [0.05, 0.1) is 7.11 Å². The molecule has 3 nitrogen and oxygen atoms in total. The number of hydrogen-bond acceptors (Lipinski definition) is 3. The van der Waals surface area contributed by atoms with E-state index in [4.69, 9.17) is 4.74 Å². The zero-order valence-corrected chi connectivity index (χ0v) is 10.1. The number of nitrogens with one attached hydrogen (secondary N) is 1. The predicted molar refractivity (Wildman–Crippen MR) is 60.6 cm³/mol. The van der Waals surface area contributed by atoms with Crippen molar-refractivity contribution < 1.29 is 9.53 Å². The van der Waals surface area contributed by atoms with Crippen LogP contribution in [0.25, 0.3) is 0 Å². The minimum absolute atomic E-state index is 0.0947. The van der Waals surface area contributed by atoms with E-state index >= 15 is 0 Å². The van der Waals surface area contributed by atoms with Crippen LogP contribution in [-0.2, 0) is 9.53 Å². The number of carbonyl (C=O) groups excluding carboxylic acids is 1. The molecule has 0 heterocycles. The van der Waals surface area contributed by atoms with Gasteiger partial charge >= 0.3 is 5.97 Å². The van der Waals surface area contributed by atoms with Gasteiger partial charge in [-0.25, -0.2) is 0 Å². The van der Waals surface area contributed by atoms with Gasteiger partial charge in [0.15, 0.2) is 0 Å². The number of carbonyl (C=O) groups is 1. The molecule has 3 heteroatoms. The summed E-state index contributed by atoms with van der Waals surface area (Å²) < 4.78 is 4.79. The Morgan fingerprint density at radius 2 is 2.27 bits per heavy atom. The van der Waals surface area contributed by atoms with E-state index in [1.54, 1.807) is 0 Å². The zero-order valence-electron chi connectivity index (χ0n) is 10.1. The highest BCUT2D eigenvalue weighted by molar-refractivity contribution is 5.75. The Hall–Kier alpha value is -0.570. The van der Waals surface area contributed by atoms with Gasteiger partial charge in [0.2, 0.25) is 0 Å². The van der Waals surface area contributed by atoms with Crippen molar-refractivity contribution in [2.24, 2.45) is 11.8 Å². The van der Waals surface area contributed by atoms with Crippen molar-refractivity contribution in [3.05, 3.63) is 0 Å². The number of rotatable bonds is 7. The van der Waals surface area contributed by atoms with E-state index in [1.807, 2.05) is 0 Å². The molecule has 0 saturated heterocycles. The average Bonchev–Trinajstić information content (AvgIpc) is 2.94. The van der Waals surface area contributed by atoms with Crippen molar-refractivity contribution in [3.8, 4) is 0 Å². The molecule has 0 aromatic heterocycles. The minimum atomic E-state index is -0.114. The number of esters is 1. The summed E-state index contributed by atoms with van der Waals surface area (Å²) in [7, 11) is 1.46. The molecule has 0 bridgehead atoms. The van der Waals surface area contributed by atoms with Crippen molar-refractivity contribution in [1.29, 1.82) is 0 Å². The van der Waals surface area contributed by atoms with Crippen LogP contribution in [0.4, 0.5) is 0 Å². The van der Waals surface area contributed by atoms with Gasteiger partial charge in [0.1, 0.15) is 6.04 Å². The first-order valence-electron chi connectivity index (χ1n) is 6.00. The Morgan fingerprint density at radius 3 is 2.73 bits per heavy atom. The third-order valence-electron chi connectivity index (χ3n) is 3.23. The molecule has 0 aliphatic heterocycles. The molecule has 1 fully saturated rings. The van der Waals surface area contributed by atoms with E-state index in [2.05, 4.69) is 19.2 Å². The highest BCUT2D eigenvalue weighted by Crippen LogP contribution is 2.36. The first kappa shape index (κ1) is 12.5. The maximum Gasteiger partial charge on any atom is 0.322 e. The quantitative estimate of drug-likeness (QED) is 0.657. The first-order valence-corrected chi connectivity index (χ1v) is 6.00. The molecule has 1 aliphatic carbocycles. The minimum Gasteiger partial charge on any atom is -0.468 e. The predicted octanol–water partition coefficient (Wildman–Crippen LogP) is 1.96. The van der Waals surface area contributed by atoms with Gasteiger partial charge in [0.25, 0.3) is 0 Å². The van der Waals surface area contributed by atoms with Crippen LogP contribution in [0, 0.1) is 11.8 Å². The lowest BCUT2D eigenvalue weighted by atomic mass is 10.1. The van der Waals surface area contributed by atoms with Crippen LogP contribution in [0.15, 0.2) is 0 Å². The molecule has 0 spiro atoms. The standard InChI is InChI=1S/C12H23NO2/c1-4-5-6-11(12(14)15-3)13-8-10-7-9(10)2/h9-11,13H,4-8H2,1-3H3. The number of ether oxygens (including phenoxy) is 1. The van der Waals surface area contributed by atoms with Crippen molar-refractivity contribution >= 4 is 5.97 Å². The number of methoxy groups -OCH3 is 1. The maximum atomic E-state index is 11.4. The largest absolute Gasteiger partial charge is 0.468 e. The van der Waals surface area contributed by atoms with Gasteiger partial charge in [-0.3, -0.25) is 4.79 Å². The fraction of sp³-hybridized carbons (Fsp3) is 0.917. The summed E-state index contributed by atoms with van der Waals surface area (Å²) >= 11 is 0. The summed E-state index contributed by atoms with van der Waals surface area (Å²) in [5, 5.41) is 3.32. The van der Waals surface area contributed by atoms with Gasteiger partial charge in [-0.1, -0.05) is 26.7 Å². The van der Waals surface area contributed by atoms with Crippen LogP contribution in [0.2, 0.25) is 0 Å². The highest BCUT2D eigenvalue weighted by atomic mass is 16.5. The van der Waals surface area contributed by atoms with E-state index < -0.39 is 0 Å². The maximum absolute atomic E-state index is 11.4. The molecular weight excluding hydrogens is 190 g/mol. The molecule has 0 aromatic rings.